The van der Waals surface area contributed by atoms with Crippen molar-refractivity contribution in [3.63, 3.8) is 0 Å². The topological polar surface area (TPSA) is 95.1 Å². The van der Waals surface area contributed by atoms with Gasteiger partial charge in [-0.2, -0.15) is 0 Å². The Morgan fingerprint density at radius 3 is 3.15 bits per heavy atom. The highest BCUT2D eigenvalue weighted by Crippen LogP contribution is 2.28. The first kappa shape index (κ1) is 16.3. The number of carbonyl (C=O) groups is 2. The van der Waals surface area contributed by atoms with Crippen molar-refractivity contribution in [1.82, 2.24) is 15.8 Å². The molecule has 1 aromatic carbocycles. The minimum Gasteiger partial charge on any atom is -0.482 e. The lowest BCUT2D eigenvalue weighted by Crippen LogP contribution is -2.36. The van der Waals surface area contributed by atoms with Crippen molar-refractivity contribution >= 4 is 23.2 Å². The molecule has 134 valence electrons. The highest BCUT2D eigenvalue weighted by atomic mass is 19.1. The smallest absolute Gasteiger partial charge is 0.270 e. The largest absolute Gasteiger partial charge is 0.482 e. The van der Waals surface area contributed by atoms with Crippen LogP contribution in [0.4, 0.5) is 10.1 Å². The standard InChI is InChI=1S/C17H16FN5O3/c1-9-4-13(22-16-11(18)7-20-23(9)16)17(25)19-6-10-2-3-14-12(5-10)21-15(24)8-26-14/h2-5,20H,6-8H2,1H3,(H,19,25)(H,21,24). The number of nitrogens with one attached hydrogen (secondary N) is 3. The zero-order valence-electron chi connectivity index (χ0n) is 13.9. The maximum Gasteiger partial charge on any atom is 0.270 e. The number of amides is 2. The normalized spacial score (nSPS) is 18.4. The Morgan fingerprint density at radius 2 is 2.31 bits per heavy atom. The average Bonchev–Trinajstić information content (AvgIpc) is 3.01. The summed E-state index contributed by atoms with van der Waals surface area (Å²) < 4.78 is 19.1. The van der Waals surface area contributed by atoms with E-state index in [2.05, 4.69) is 21.1 Å². The van der Waals surface area contributed by atoms with E-state index in [1.165, 1.54) is 5.01 Å². The second kappa shape index (κ2) is 6.26. The van der Waals surface area contributed by atoms with E-state index >= 15 is 0 Å². The third-order valence-corrected chi connectivity index (χ3v) is 4.13. The summed E-state index contributed by atoms with van der Waals surface area (Å²) in [6.07, 6.45) is 1.59. The number of anilines is 1. The van der Waals surface area contributed by atoms with E-state index in [1.807, 2.05) is 0 Å². The van der Waals surface area contributed by atoms with Crippen molar-refractivity contribution in [3.05, 3.63) is 47.2 Å². The first-order valence-electron chi connectivity index (χ1n) is 8.04. The van der Waals surface area contributed by atoms with Gasteiger partial charge in [-0.15, -0.1) is 0 Å². The van der Waals surface area contributed by atoms with Crippen LogP contribution in [0.5, 0.6) is 5.75 Å². The Morgan fingerprint density at radius 1 is 1.46 bits per heavy atom. The Balaban J connectivity index is 1.46. The maximum absolute atomic E-state index is 13.8. The molecule has 8 nitrogen and oxygen atoms in total. The third-order valence-electron chi connectivity index (χ3n) is 4.13. The van der Waals surface area contributed by atoms with Gasteiger partial charge in [-0.05, 0) is 30.7 Å². The highest BCUT2D eigenvalue weighted by Gasteiger charge is 2.28. The molecule has 3 heterocycles. The summed E-state index contributed by atoms with van der Waals surface area (Å²) in [7, 11) is 0. The fourth-order valence-electron chi connectivity index (χ4n) is 2.86. The lowest BCUT2D eigenvalue weighted by molar-refractivity contribution is -0.118. The van der Waals surface area contributed by atoms with Gasteiger partial charge in [-0.1, -0.05) is 6.07 Å². The Labute approximate surface area is 148 Å². The molecule has 0 saturated heterocycles. The van der Waals surface area contributed by atoms with Gasteiger partial charge in [0.2, 0.25) is 0 Å². The monoisotopic (exact) mass is 357 g/mol. The number of rotatable bonds is 3. The third kappa shape index (κ3) is 2.93. The second-order valence-corrected chi connectivity index (χ2v) is 6.03. The molecule has 0 spiro atoms. The van der Waals surface area contributed by atoms with E-state index in [9.17, 15) is 14.0 Å². The van der Waals surface area contributed by atoms with E-state index in [0.29, 0.717) is 17.1 Å². The molecule has 4 rings (SSSR count). The molecule has 0 aliphatic carbocycles. The number of hydrogen-bond donors (Lipinski definition) is 3. The lowest BCUT2D eigenvalue weighted by atomic mass is 10.1. The predicted octanol–water partition coefficient (Wildman–Crippen LogP) is 0.951. The average molecular weight is 357 g/mol. The summed E-state index contributed by atoms with van der Waals surface area (Å²) in [6.45, 7) is 2.05. The van der Waals surface area contributed by atoms with Crippen molar-refractivity contribution in [2.24, 2.45) is 4.99 Å². The molecule has 0 unspecified atom stereocenters. The second-order valence-electron chi connectivity index (χ2n) is 6.03. The molecular formula is C17H16FN5O3. The Kier molecular flexibility index (Phi) is 3.92. The van der Waals surface area contributed by atoms with Gasteiger partial charge in [0.25, 0.3) is 11.8 Å². The van der Waals surface area contributed by atoms with Crippen molar-refractivity contribution in [3.8, 4) is 5.75 Å². The van der Waals surface area contributed by atoms with Gasteiger partial charge in [-0.3, -0.25) is 14.6 Å². The van der Waals surface area contributed by atoms with Gasteiger partial charge in [0.15, 0.2) is 18.3 Å². The molecule has 9 heteroatoms. The fraction of sp³-hybridized carbons (Fsp3) is 0.235. The van der Waals surface area contributed by atoms with Gasteiger partial charge in [0.1, 0.15) is 11.5 Å². The zero-order chi connectivity index (χ0) is 18.3. The number of nitrogens with zero attached hydrogens (tertiary/aromatic N) is 2. The quantitative estimate of drug-likeness (QED) is 0.749. The number of fused-ring (bicyclic) bond motifs is 2. The summed E-state index contributed by atoms with van der Waals surface area (Å²) in [4.78, 5) is 27.9. The molecule has 3 N–H and O–H groups in total. The molecule has 0 atom stereocenters. The maximum atomic E-state index is 13.8. The number of halogens is 1. The van der Waals surface area contributed by atoms with E-state index in [1.54, 1.807) is 31.2 Å². The van der Waals surface area contributed by atoms with E-state index in [4.69, 9.17) is 4.74 Å². The number of allylic oxidation sites excluding steroid dienone is 1. The molecule has 3 aliphatic rings. The van der Waals surface area contributed by atoms with Gasteiger partial charge >= 0.3 is 0 Å². The highest BCUT2D eigenvalue weighted by molar-refractivity contribution is 6.43. The molecule has 2 amide bonds. The molecule has 0 radical (unpaired) electrons. The van der Waals surface area contributed by atoms with Crippen LogP contribution in [0.3, 0.4) is 0 Å². The summed E-state index contributed by atoms with van der Waals surface area (Å²) >= 11 is 0. The number of benzene rings is 1. The number of aliphatic imine (C=N–C) groups is 1. The summed E-state index contributed by atoms with van der Waals surface area (Å²) in [5.41, 5.74) is 5.02. The first-order valence-corrected chi connectivity index (χ1v) is 8.04. The van der Waals surface area contributed by atoms with Crippen molar-refractivity contribution in [1.29, 1.82) is 0 Å². The van der Waals surface area contributed by atoms with Crippen LogP contribution in [0.2, 0.25) is 0 Å². The van der Waals surface area contributed by atoms with Crippen LogP contribution in [-0.4, -0.2) is 35.7 Å². The molecule has 0 bridgehead atoms. The lowest BCUT2D eigenvalue weighted by Gasteiger charge is -2.23. The van der Waals surface area contributed by atoms with Crippen LogP contribution < -0.4 is 20.8 Å². The van der Waals surface area contributed by atoms with Crippen LogP contribution >= 0.6 is 0 Å². The van der Waals surface area contributed by atoms with E-state index in [-0.39, 0.29) is 37.1 Å². The molecule has 0 saturated carbocycles. The van der Waals surface area contributed by atoms with Crippen molar-refractivity contribution in [2.45, 2.75) is 13.5 Å². The van der Waals surface area contributed by atoms with Gasteiger partial charge in [0, 0.05) is 12.2 Å². The van der Waals surface area contributed by atoms with Crippen LogP contribution in [0.15, 0.2) is 46.6 Å². The molecule has 0 fully saturated rings. The van der Waals surface area contributed by atoms with Crippen LogP contribution in [-0.2, 0) is 16.1 Å². The summed E-state index contributed by atoms with van der Waals surface area (Å²) in [6, 6.07) is 5.27. The van der Waals surface area contributed by atoms with Crippen LogP contribution in [0.1, 0.15) is 12.5 Å². The molecule has 3 aliphatic heterocycles. The number of ether oxygens (including phenoxy) is 1. The van der Waals surface area contributed by atoms with Crippen molar-refractivity contribution < 1.29 is 18.7 Å². The first-order chi connectivity index (χ1) is 12.5. The summed E-state index contributed by atoms with van der Waals surface area (Å²) in [5.74, 6) is -0.335. The Bertz CT molecular complexity index is 906. The molecule has 1 aromatic rings. The van der Waals surface area contributed by atoms with E-state index in [0.717, 1.165) is 5.56 Å². The van der Waals surface area contributed by atoms with Gasteiger partial charge < -0.3 is 15.4 Å². The van der Waals surface area contributed by atoms with Gasteiger partial charge in [0.05, 0.1) is 12.2 Å². The summed E-state index contributed by atoms with van der Waals surface area (Å²) in [5, 5.41) is 6.98. The van der Waals surface area contributed by atoms with E-state index < -0.39 is 11.7 Å². The zero-order valence-corrected chi connectivity index (χ0v) is 13.9. The van der Waals surface area contributed by atoms with Gasteiger partial charge in [-0.25, -0.2) is 14.8 Å². The predicted molar refractivity (Wildman–Crippen MR) is 91.6 cm³/mol. The minimum atomic E-state index is -0.409. The minimum absolute atomic E-state index is 0.00707. The molecule has 0 aromatic heterocycles. The SMILES string of the molecule is CC1=CC(C(=O)NCc2ccc3c(c2)NC(=O)CO3)=NC2=C(F)CNN12. The van der Waals surface area contributed by atoms with Crippen LogP contribution in [0.25, 0.3) is 0 Å². The number of carbonyl (C=O) groups excluding carboxylic acids is 2. The van der Waals surface area contributed by atoms with Crippen molar-refractivity contribution in [2.75, 3.05) is 18.5 Å². The molecular weight excluding hydrogens is 341 g/mol. The Hall–Kier alpha value is -3.20. The number of hydrogen-bond acceptors (Lipinski definition) is 6. The van der Waals surface area contributed by atoms with Crippen LogP contribution in [0, 0.1) is 0 Å². The number of hydrazine groups is 1. The fourth-order valence-corrected chi connectivity index (χ4v) is 2.86. The molecule has 26 heavy (non-hydrogen) atoms.